The van der Waals surface area contributed by atoms with Gasteiger partial charge in [-0.1, -0.05) is 36.4 Å². The summed E-state index contributed by atoms with van der Waals surface area (Å²) in [5.41, 5.74) is 1.75. The number of aliphatic hydroxyl groups is 1. The van der Waals surface area contributed by atoms with Crippen molar-refractivity contribution in [3.63, 3.8) is 0 Å². The molecule has 2 aliphatic rings. The smallest absolute Gasteiger partial charge is 0.131 e. The quantitative estimate of drug-likeness (QED) is 0.214. The van der Waals surface area contributed by atoms with Gasteiger partial charge in [0.1, 0.15) is 23.0 Å². The van der Waals surface area contributed by atoms with E-state index in [2.05, 4.69) is 11.1 Å². The van der Waals surface area contributed by atoms with Gasteiger partial charge in [-0.2, -0.15) is 11.8 Å². The molecule has 0 saturated carbocycles. The third-order valence-electron chi connectivity index (χ3n) is 7.76. The molecule has 2 aliphatic carbocycles. The Kier molecular flexibility index (Phi) is 6.28. The average molecular weight is 540 g/mol. The number of hydrogen-bond acceptors (Lipinski definition) is 7. The van der Waals surface area contributed by atoms with Gasteiger partial charge in [-0.15, -0.1) is 0 Å². The van der Waals surface area contributed by atoms with Crippen LogP contribution in [0.5, 0.6) is 23.0 Å². The summed E-state index contributed by atoms with van der Waals surface area (Å²) < 4.78 is 5.35. The first-order chi connectivity index (χ1) is 18.9. The third-order valence-corrected chi connectivity index (χ3v) is 9.13. The highest BCUT2D eigenvalue weighted by molar-refractivity contribution is 8.00. The van der Waals surface area contributed by atoms with Crippen LogP contribution < -0.4 is 15.2 Å². The maximum absolute atomic E-state index is 11.7. The van der Waals surface area contributed by atoms with E-state index in [1.165, 1.54) is 0 Å². The molecule has 0 fully saturated rings. The molecule has 0 aliphatic heterocycles. The summed E-state index contributed by atoms with van der Waals surface area (Å²) in [6, 6.07) is 9.27. The van der Waals surface area contributed by atoms with Crippen LogP contribution in [0.2, 0.25) is 0 Å². The lowest BCUT2D eigenvalue weighted by atomic mass is 9.81. The predicted molar refractivity (Wildman–Crippen MR) is 158 cm³/mol. The number of hydrogen-bond donors (Lipinski definition) is 4. The lowest BCUT2D eigenvalue weighted by molar-refractivity contribution is 0.322. The Morgan fingerprint density at radius 2 is 1.77 bits per heavy atom. The van der Waals surface area contributed by atoms with Crippen molar-refractivity contribution in [1.82, 2.24) is 4.98 Å². The molecule has 0 saturated heterocycles. The van der Waals surface area contributed by atoms with Gasteiger partial charge in [0.15, 0.2) is 0 Å². The summed E-state index contributed by atoms with van der Waals surface area (Å²) in [7, 11) is 1.56. The molecule has 1 unspecified atom stereocenters. The molecule has 6 rings (SSSR count). The molecule has 4 N–H and O–H groups in total. The fourth-order valence-corrected chi connectivity index (χ4v) is 7.23. The SMILES string of the molecule is C/C=C/C=C/c1cc2cc3c(c(O)c2cn1)[C@@]1(C=c2c(O)c4ccc(OC)cc4c(O)c2=C1)C(SCCO)C3. The van der Waals surface area contributed by atoms with Crippen LogP contribution in [0.15, 0.2) is 54.8 Å². The number of benzene rings is 3. The van der Waals surface area contributed by atoms with E-state index in [1.54, 1.807) is 43.3 Å². The lowest BCUT2D eigenvalue weighted by Gasteiger charge is -2.29. The molecular formula is C32H29NO5S. The van der Waals surface area contributed by atoms with Crippen molar-refractivity contribution >= 4 is 51.5 Å². The topological polar surface area (TPSA) is 103 Å². The van der Waals surface area contributed by atoms with E-state index in [4.69, 9.17) is 4.74 Å². The van der Waals surface area contributed by atoms with Gasteiger partial charge in [0.05, 0.1) is 19.4 Å². The molecule has 4 aromatic rings. The molecule has 3 aromatic carbocycles. The number of pyridine rings is 1. The number of ether oxygens (including phenoxy) is 1. The van der Waals surface area contributed by atoms with Gasteiger partial charge in [-0.25, -0.2) is 0 Å². The van der Waals surface area contributed by atoms with Crippen LogP contribution in [0.1, 0.15) is 23.7 Å². The summed E-state index contributed by atoms with van der Waals surface area (Å²) in [4.78, 5) is 4.54. The number of rotatable bonds is 6. The van der Waals surface area contributed by atoms with Crippen molar-refractivity contribution in [2.75, 3.05) is 19.5 Å². The highest BCUT2D eigenvalue weighted by atomic mass is 32.2. The van der Waals surface area contributed by atoms with Crippen molar-refractivity contribution in [3.05, 3.63) is 82.0 Å². The van der Waals surface area contributed by atoms with E-state index >= 15 is 0 Å². The normalized spacial score (nSPS) is 19.7. The zero-order chi connectivity index (χ0) is 27.3. The van der Waals surface area contributed by atoms with Crippen LogP contribution >= 0.6 is 11.8 Å². The highest BCUT2D eigenvalue weighted by Crippen LogP contribution is 2.54. The van der Waals surface area contributed by atoms with E-state index < -0.39 is 5.41 Å². The number of phenolic OH excluding ortho intramolecular Hbond substituents is 3. The molecular weight excluding hydrogens is 510 g/mol. The molecule has 0 radical (unpaired) electrons. The fraction of sp³-hybridized carbons (Fsp3) is 0.219. The monoisotopic (exact) mass is 539 g/mol. The molecule has 7 heteroatoms. The largest absolute Gasteiger partial charge is 0.507 e. The van der Waals surface area contributed by atoms with Crippen LogP contribution in [0.3, 0.4) is 0 Å². The number of aliphatic hydroxyl groups excluding tert-OH is 1. The van der Waals surface area contributed by atoms with E-state index in [9.17, 15) is 20.4 Å². The first-order valence-corrected chi connectivity index (χ1v) is 13.9. The number of thioether (sulfide) groups is 1. The van der Waals surface area contributed by atoms with E-state index in [1.807, 2.05) is 49.4 Å². The summed E-state index contributed by atoms with van der Waals surface area (Å²) in [5.74, 6) is 1.39. The number of phenols is 3. The van der Waals surface area contributed by atoms with Gasteiger partial charge in [0.2, 0.25) is 0 Å². The minimum absolute atomic E-state index is 0.0283. The summed E-state index contributed by atoms with van der Waals surface area (Å²) >= 11 is 1.62. The van der Waals surface area contributed by atoms with E-state index in [-0.39, 0.29) is 29.1 Å². The predicted octanol–water partition coefficient (Wildman–Crippen LogP) is 4.27. The standard InChI is InChI=1S/C32H29NO5S/c1-3-4-5-6-20-12-18-11-19-13-27(39-10-9-34)32(28(19)31(37)26(18)17-33-20)15-24-25(16-32)30(36)23-14-21(38-2)7-8-22(23)29(24)35/h3-8,11-12,14-17,27,34-37H,9-10,13H2,1-2H3/b4-3+,6-5+/t27?,32-/m1/s1. The number of aromatic nitrogens is 1. The minimum atomic E-state index is -0.795. The second-order valence-corrected chi connectivity index (χ2v) is 11.2. The van der Waals surface area contributed by atoms with E-state index in [0.29, 0.717) is 44.5 Å². The maximum atomic E-state index is 11.7. The fourth-order valence-electron chi connectivity index (χ4n) is 6.01. The molecule has 0 bridgehead atoms. The van der Waals surface area contributed by atoms with Crippen LogP contribution in [0.4, 0.5) is 0 Å². The zero-order valence-corrected chi connectivity index (χ0v) is 22.5. The Morgan fingerprint density at radius 1 is 1.00 bits per heavy atom. The van der Waals surface area contributed by atoms with Crippen molar-refractivity contribution in [2.24, 2.45) is 0 Å². The summed E-state index contributed by atoms with van der Waals surface area (Å²) in [6.45, 7) is 1.98. The number of allylic oxidation sites excluding steroid dienone is 3. The molecule has 1 spiro atoms. The van der Waals surface area contributed by atoms with Crippen LogP contribution in [0, 0.1) is 0 Å². The molecule has 0 amide bonds. The molecule has 2 atom stereocenters. The van der Waals surface area contributed by atoms with Crippen molar-refractivity contribution in [3.8, 4) is 23.0 Å². The Morgan fingerprint density at radius 3 is 2.49 bits per heavy atom. The van der Waals surface area contributed by atoms with Crippen molar-refractivity contribution in [1.29, 1.82) is 0 Å². The number of fused-ring (bicyclic) bond motifs is 5. The van der Waals surface area contributed by atoms with Gasteiger partial charge < -0.3 is 25.2 Å². The van der Waals surface area contributed by atoms with E-state index in [0.717, 1.165) is 22.2 Å². The van der Waals surface area contributed by atoms with Gasteiger partial charge in [0.25, 0.3) is 0 Å². The second kappa shape index (κ2) is 9.67. The second-order valence-electron chi connectivity index (χ2n) is 9.92. The molecule has 1 aromatic heterocycles. The van der Waals surface area contributed by atoms with Gasteiger partial charge in [0, 0.05) is 54.8 Å². The van der Waals surface area contributed by atoms with Gasteiger partial charge in [-0.05, 0) is 54.6 Å². The number of methoxy groups -OCH3 is 1. The van der Waals surface area contributed by atoms with Gasteiger partial charge in [-0.3, -0.25) is 4.98 Å². The third kappa shape index (κ3) is 3.87. The summed E-state index contributed by atoms with van der Waals surface area (Å²) in [5, 5.41) is 47.6. The van der Waals surface area contributed by atoms with Crippen molar-refractivity contribution < 1.29 is 25.2 Å². The van der Waals surface area contributed by atoms with Crippen LogP contribution in [-0.2, 0) is 11.8 Å². The first kappa shape index (κ1) is 25.3. The molecule has 39 heavy (non-hydrogen) atoms. The molecule has 1 heterocycles. The first-order valence-electron chi connectivity index (χ1n) is 12.9. The van der Waals surface area contributed by atoms with Crippen LogP contribution in [-0.4, -0.2) is 50.1 Å². The number of aromatic hydroxyl groups is 3. The Bertz CT molecular complexity index is 1830. The highest BCUT2D eigenvalue weighted by Gasteiger charge is 2.48. The molecule has 6 nitrogen and oxygen atoms in total. The minimum Gasteiger partial charge on any atom is -0.507 e. The van der Waals surface area contributed by atoms with Gasteiger partial charge >= 0.3 is 0 Å². The zero-order valence-electron chi connectivity index (χ0n) is 21.7. The van der Waals surface area contributed by atoms with Crippen molar-refractivity contribution in [2.45, 2.75) is 24.0 Å². The lowest BCUT2D eigenvalue weighted by Crippen LogP contribution is -2.29. The maximum Gasteiger partial charge on any atom is 0.131 e. The Labute approximate surface area is 229 Å². The summed E-state index contributed by atoms with van der Waals surface area (Å²) in [6.07, 6.45) is 14.0. The molecule has 198 valence electrons. The Hall–Kier alpha value is -3.94. The van der Waals surface area contributed by atoms with Crippen LogP contribution in [0.25, 0.3) is 39.8 Å². The number of nitrogens with zero attached hydrogens (tertiary/aromatic N) is 1. The average Bonchev–Trinajstić information content (AvgIpc) is 3.49. The Balaban J connectivity index is 1.61.